The van der Waals surface area contributed by atoms with Gasteiger partial charge in [0.1, 0.15) is 12.0 Å². The Morgan fingerprint density at radius 3 is 2.86 bits per heavy atom. The van der Waals surface area contributed by atoms with E-state index in [1.54, 1.807) is 6.26 Å². The summed E-state index contributed by atoms with van der Waals surface area (Å²) in [5.41, 5.74) is 7.49. The van der Waals surface area contributed by atoms with E-state index in [2.05, 4.69) is 5.16 Å². The molecular weight excluding hydrogens is 180 g/mol. The quantitative estimate of drug-likeness (QED) is 0.793. The first kappa shape index (κ1) is 8.87. The van der Waals surface area contributed by atoms with Crippen molar-refractivity contribution in [1.29, 1.82) is 0 Å². The molecule has 2 heterocycles. The molecule has 0 unspecified atom stereocenters. The van der Waals surface area contributed by atoms with Crippen LogP contribution in [0.2, 0.25) is 0 Å². The fourth-order valence-electron chi connectivity index (χ4n) is 1.45. The molecule has 2 aromatic rings. The van der Waals surface area contributed by atoms with Gasteiger partial charge < -0.3 is 14.7 Å². The fourth-order valence-corrected chi connectivity index (χ4v) is 1.45. The molecule has 74 valence electrons. The van der Waals surface area contributed by atoms with Crippen LogP contribution in [0.4, 0.5) is 5.82 Å². The summed E-state index contributed by atoms with van der Waals surface area (Å²) >= 11 is 0. The third kappa shape index (κ3) is 1.28. The first-order chi connectivity index (χ1) is 6.72. The Hall–Kier alpha value is -1.71. The smallest absolute Gasteiger partial charge is 0.175 e. The van der Waals surface area contributed by atoms with Gasteiger partial charge in [0.05, 0.1) is 5.56 Å². The second-order valence-corrected chi connectivity index (χ2v) is 3.18. The van der Waals surface area contributed by atoms with Crippen LogP contribution in [0.1, 0.15) is 18.2 Å². The van der Waals surface area contributed by atoms with Crippen LogP contribution in [-0.2, 0) is 6.42 Å². The van der Waals surface area contributed by atoms with Gasteiger partial charge in [0.25, 0.3) is 0 Å². The zero-order chi connectivity index (χ0) is 10.1. The highest BCUT2D eigenvalue weighted by molar-refractivity contribution is 5.65. The SMILES string of the molecule is CCc1c(N)noc1-c1coc(C)c1. The van der Waals surface area contributed by atoms with Gasteiger partial charge in [0, 0.05) is 5.56 Å². The fraction of sp³-hybridized carbons (Fsp3) is 0.300. The van der Waals surface area contributed by atoms with Crippen LogP contribution < -0.4 is 5.73 Å². The first-order valence-corrected chi connectivity index (χ1v) is 4.52. The Balaban J connectivity index is 2.51. The number of rotatable bonds is 2. The monoisotopic (exact) mass is 192 g/mol. The Bertz CT molecular complexity index is 443. The number of hydrogen-bond donors (Lipinski definition) is 1. The molecule has 0 bridgehead atoms. The van der Waals surface area contributed by atoms with Gasteiger partial charge in [-0.3, -0.25) is 0 Å². The summed E-state index contributed by atoms with van der Waals surface area (Å²) in [7, 11) is 0. The predicted octanol–water partition coefficient (Wildman–Crippen LogP) is 2.39. The van der Waals surface area contributed by atoms with Crippen molar-refractivity contribution in [3.05, 3.63) is 23.7 Å². The molecule has 4 nitrogen and oxygen atoms in total. The van der Waals surface area contributed by atoms with E-state index in [-0.39, 0.29) is 0 Å². The molecule has 0 spiro atoms. The molecular formula is C10H12N2O2. The van der Waals surface area contributed by atoms with Crippen LogP contribution in [-0.4, -0.2) is 5.16 Å². The summed E-state index contributed by atoms with van der Waals surface area (Å²) in [6.45, 7) is 3.90. The molecule has 0 amide bonds. The maximum atomic E-state index is 5.66. The number of aromatic nitrogens is 1. The predicted molar refractivity (Wildman–Crippen MR) is 52.7 cm³/mol. The average molecular weight is 192 g/mol. The van der Waals surface area contributed by atoms with E-state index in [1.165, 1.54) is 0 Å². The zero-order valence-corrected chi connectivity index (χ0v) is 8.20. The van der Waals surface area contributed by atoms with E-state index in [4.69, 9.17) is 14.7 Å². The van der Waals surface area contributed by atoms with Crippen LogP contribution in [0.5, 0.6) is 0 Å². The van der Waals surface area contributed by atoms with Gasteiger partial charge >= 0.3 is 0 Å². The third-order valence-corrected chi connectivity index (χ3v) is 2.16. The van der Waals surface area contributed by atoms with Gasteiger partial charge in [-0.25, -0.2) is 0 Å². The Morgan fingerprint density at radius 2 is 2.29 bits per heavy atom. The van der Waals surface area contributed by atoms with Gasteiger partial charge in [-0.1, -0.05) is 12.1 Å². The topological polar surface area (TPSA) is 65.2 Å². The summed E-state index contributed by atoms with van der Waals surface area (Å²) in [5, 5.41) is 3.73. The van der Waals surface area contributed by atoms with Crippen molar-refractivity contribution in [3.8, 4) is 11.3 Å². The van der Waals surface area contributed by atoms with Crippen molar-refractivity contribution >= 4 is 5.82 Å². The molecule has 2 N–H and O–H groups in total. The Labute approximate surface area is 81.7 Å². The van der Waals surface area contributed by atoms with E-state index in [0.29, 0.717) is 11.6 Å². The number of hydrogen-bond acceptors (Lipinski definition) is 4. The maximum Gasteiger partial charge on any atom is 0.175 e. The van der Waals surface area contributed by atoms with Gasteiger partial charge in [-0.2, -0.15) is 0 Å². The molecule has 0 saturated carbocycles. The minimum atomic E-state index is 0.460. The molecule has 2 rings (SSSR count). The number of furan rings is 1. The summed E-state index contributed by atoms with van der Waals surface area (Å²) in [6.07, 6.45) is 2.45. The number of nitrogens with two attached hydrogens (primary N) is 1. The van der Waals surface area contributed by atoms with E-state index in [1.807, 2.05) is 19.9 Å². The highest BCUT2D eigenvalue weighted by Crippen LogP contribution is 2.29. The molecule has 4 heteroatoms. The van der Waals surface area contributed by atoms with Crippen LogP contribution in [0, 0.1) is 6.92 Å². The molecule has 0 fully saturated rings. The van der Waals surface area contributed by atoms with Crippen LogP contribution in [0.25, 0.3) is 11.3 Å². The Kier molecular flexibility index (Phi) is 2.04. The molecule has 0 saturated heterocycles. The van der Waals surface area contributed by atoms with E-state index in [9.17, 15) is 0 Å². The van der Waals surface area contributed by atoms with E-state index >= 15 is 0 Å². The number of nitrogens with zero attached hydrogens (tertiary/aromatic N) is 1. The molecule has 0 aromatic carbocycles. The van der Waals surface area contributed by atoms with E-state index in [0.717, 1.165) is 23.3 Å². The van der Waals surface area contributed by atoms with Crippen molar-refractivity contribution in [1.82, 2.24) is 5.16 Å². The third-order valence-electron chi connectivity index (χ3n) is 2.16. The molecule has 0 radical (unpaired) electrons. The van der Waals surface area contributed by atoms with Gasteiger partial charge in [0.15, 0.2) is 11.6 Å². The maximum absolute atomic E-state index is 5.66. The lowest BCUT2D eigenvalue weighted by Crippen LogP contribution is -1.90. The standard InChI is InChI=1S/C10H12N2O2/c1-3-8-9(14-12-10(8)11)7-4-6(2)13-5-7/h4-5H,3H2,1-2H3,(H2,11,12). The second kappa shape index (κ2) is 3.21. The molecule has 0 atom stereocenters. The molecule has 0 aliphatic heterocycles. The molecule has 2 aromatic heterocycles. The van der Waals surface area contributed by atoms with Crippen molar-refractivity contribution in [2.24, 2.45) is 0 Å². The number of nitrogen functional groups attached to an aromatic ring is 1. The summed E-state index contributed by atoms with van der Waals surface area (Å²) in [4.78, 5) is 0. The summed E-state index contributed by atoms with van der Waals surface area (Å²) in [6, 6.07) is 1.90. The highest BCUT2D eigenvalue weighted by Gasteiger charge is 2.15. The Morgan fingerprint density at radius 1 is 1.50 bits per heavy atom. The number of anilines is 1. The largest absolute Gasteiger partial charge is 0.469 e. The normalized spacial score (nSPS) is 10.7. The molecule has 0 aliphatic carbocycles. The van der Waals surface area contributed by atoms with Crippen molar-refractivity contribution in [2.75, 3.05) is 5.73 Å². The lowest BCUT2D eigenvalue weighted by Gasteiger charge is -1.93. The summed E-state index contributed by atoms with van der Waals surface area (Å²) in [5.74, 6) is 2.01. The van der Waals surface area contributed by atoms with Crippen LogP contribution >= 0.6 is 0 Å². The van der Waals surface area contributed by atoms with Gasteiger partial charge in [0.2, 0.25) is 0 Å². The molecule has 0 aliphatic rings. The highest BCUT2D eigenvalue weighted by atomic mass is 16.5. The minimum absolute atomic E-state index is 0.460. The van der Waals surface area contributed by atoms with Crippen molar-refractivity contribution in [3.63, 3.8) is 0 Å². The number of aryl methyl sites for hydroxylation is 1. The van der Waals surface area contributed by atoms with Crippen LogP contribution in [0.15, 0.2) is 21.3 Å². The van der Waals surface area contributed by atoms with Crippen molar-refractivity contribution in [2.45, 2.75) is 20.3 Å². The van der Waals surface area contributed by atoms with Crippen molar-refractivity contribution < 1.29 is 8.94 Å². The summed E-state index contributed by atoms with van der Waals surface area (Å²) < 4.78 is 10.3. The van der Waals surface area contributed by atoms with Crippen LogP contribution in [0.3, 0.4) is 0 Å². The van der Waals surface area contributed by atoms with Gasteiger partial charge in [-0.05, 0) is 19.4 Å². The average Bonchev–Trinajstić information content (AvgIpc) is 2.71. The molecule has 14 heavy (non-hydrogen) atoms. The zero-order valence-electron chi connectivity index (χ0n) is 8.20. The first-order valence-electron chi connectivity index (χ1n) is 4.52. The lowest BCUT2D eigenvalue weighted by atomic mass is 10.1. The van der Waals surface area contributed by atoms with Gasteiger partial charge in [-0.15, -0.1) is 0 Å². The second-order valence-electron chi connectivity index (χ2n) is 3.18. The van der Waals surface area contributed by atoms with E-state index < -0.39 is 0 Å². The lowest BCUT2D eigenvalue weighted by molar-refractivity contribution is 0.434. The minimum Gasteiger partial charge on any atom is -0.469 e.